The summed E-state index contributed by atoms with van der Waals surface area (Å²) < 4.78 is 0. The zero-order chi connectivity index (χ0) is 15.6. The molecule has 0 radical (unpaired) electrons. The number of hydrogen-bond donors (Lipinski definition) is 1. The first-order valence-electron chi connectivity index (χ1n) is 8.44. The number of halogens is 1. The first-order chi connectivity index (χ1) is 9.88. The molecular weight excluding hydrogens is 302 g/mol. The minimum Gasteiger partial charge on any atom is -0.396 e. The molecular formula is C16H30ClNO2Si. The molecule has 4 atom stereocenters. The number of aliphatic hydroxyl groups excluding tert-OH is 1. The summed E-state index contributed by atoms with van der Waals surface area (Å²) in [5.41, 5.74) is 0. The van der Waals surface area contributed by atoms with Gasteiger partial charge in [-0.05, 0) is 25.7 Å². The molecule has 1 aliphatic heterocycles. The molecule has 1 aliphatic carbocycles. The summed E-state index contributed by atoms with van der Waals surface area (Å²) in [6, 6.07) is 0.853. The van der Waals surface area contributed by atoms with E-state index in [0.29, 0.717) is 11.4 Å². The minimum absolute atomic E-state index is 0.00405. The predicted molar refractivity (Wildman–Crippen MR) is 90.6 cm³/mol. The summed E-state index contributed by atoms with van der Waals surface area (Å²) in [6.45, 7) is 6.61. The average molecular weight is 332 g/mol. The van der Waals surface area contributed by atoms with E-state index in [2.05, 4.69) is 24.5 Å². The molecule has 5 heteroatoms. The first-order valence-corrected chi connectivity index (χ1v) is 12.4. The van der Waals surface area contributed by atoms with Crippen LogP contribution in [0.5, 0.6) is 0 Å². The maximum absolute atomic E-state index is 12.8. The molecule has 1 N–H and O–H groups in total. The third-order valence-corrected chi connectivity index (χ3v) is 7.16. The van der Waals surface area contributed by atoms with Crippen molar-refractivity contribution in [3.8, 4) is 0 Å². The van der Waals surface area contributed by atoms with Gasteiger partial charge in [-0.2, -0.15) is 0 Å². The molecule has 2 aliphatic rings. The molecule has 1 saturated heterocycles. The van der Waals surface area contributed by atoms with E-state index in [1.54, 1.807) is 0 Å². The van der Waals surface area contributed by atoms with Crippen LogP contribution in [-0.4, -0.2) is 53.6 Å². The third-order valence-electron chi connectivity index (χ3n) is 4.91. The van der Waals surface area contributed by atoms with Gasteiger partial charge in [0.15, 0.2) is 0 Å². The second-order valence-electron chi connectivity index (χ2n) is 7.67. The van der Waals surface area contributed by atoms with Crippen molar-refractivity contribution in [2.75, 3.05) is 6.61 Å². The Balaban J connectivity index is 2.06. The van der Waals surface area contributed by atoms with Gasteiger partial charge in [0.1, 0.15) is 13.5 Å². The highest BCUT2D eigenvalue weighted by Crippen LogP contribution is 2.43. The van der Waals surface area contributed by atoms with Crippen molar-refractivity contribution in [1.82, 2.24) is 4.90 Å². The van der Waals surface area contributed by atoms with Crippen molar-refractivity contribution in [3.63, 3.8) is 0 Å². The minimum atomic E-state index is -1.77. The standard InChI is InChI=1S/C16H30ClNO2Si/c1-21(2,3)16(20)15-14(13(17)10-7-11-19)18(15)12-8-5-4-6-9-12/h12-15,19H,4-11H2,1-3H3/t13?,14-,15+,18?/m1/s1. The number of rotatable bonds is 7. The van der Waals surface area contributed by atoms with Crippen molar-refractivity contribution in [2.24, 2.45) is 0 Å². The summed E-state index contributed by atoms with van der Waals surface area (Å²) in [5, 5.41) is 9.47. The topological polar surface area (TPSA) is 40.3 Å². The van der Waals surface area contributed by atoms with Gasteiger partial charge in [0.05, 0.1) is 11.4 Å². The van der Waals surface area contributed by atoms with Crippen LogP contribution >= 0.6 is 11.6 Å². The highest BCUT2D eigenvalue weighted by Gasteiger charge is 2.59. The number of carbonyl (C=O) groups excluding carboxylic acids is 1. The van der Waals surface area contributed by atoms with Gasteiger partial charge < -0.3 is 9.90 Å². The molecule has 0 bridgehead atoms. The Morgan fingerprint density at radius 2 is 1.90 bits per heavy atom. The van der Waals surface area contributed by atoms with Gasteiger partial charge in [-0.3, -0.25) is 4.90 Å². The monoisotopic (exact) mass is 331 g/mol. The van der Waals surface area contributed by atoms with E-state index in [9.17, 15) is 4.79 Å². The maximum atomic E-state index is 12.8. The molecule has 2 unspecified atom stereocenters. The number of nitrogens with zero attached hydrogens (tertiary/aromatic N) is 1. The van der Waals surface area contributed by atoms with Gasteiger partial charge in [-0.1, -0.05) is 38.9 Å². The van der Waals surface area contributed by atoms with E-state index in [0.717, 1.165) is 12.8 Å². The lowest BCUT2D eigenvalue weighted by molar-refractivity contribution is -0.113. The van der Waals surface area contributed by atoms with E-state index >= 15 is 0 Å². The van der Waals surface area contributed by atoms with Gasteiger partial charge in [0.25, 0.3) is 0 Å². The Bertz CT molecular complexity index is 366. The second-order valence-corrected chi connectivity index (χ2v) is 13.2. The summed E-state index contributed by atoms with van der Waals surface area (Å²) in [7, 11) is -1.77. The van der Waals surface area contributed by atoms with E-state index in [-0.39, 0.29) is 24.1 Å². The summed E-state index contributed by atoms with van der Waals surface area (Å²) in [6.07, 6.45) is 7.87. The molecule has 2 rings (SSSR count). The van der Waals surface area contributed by atoms with Crippen LogP contribution in [0.1, 0.15) is 44.9 Å². The van der Waals surface area contributed by atoms with Crippen LogP contribution in [0.4, 0.5) is 0 Å². The lowest BCUT2D eigenvalue weighted by Crippen LogP contribution is -2.40. The number of aliphatic hydroxyl groups is 1. The largest absolute Gasteiger partial charge is 0.396 e. The zero-order valence-corrected chi connectivity index (χ0v) is 15.4. The number of hydrogen-bond acceptors (Lipinski definition) is 3. The van der Waals surface area contributed by atoms with Crippen molar-refractivity contribution < 1.29 is 9.90 Å². The molecule has 0 aromatic carbocycles. The number of alkyl halides is 1. The van der Waals surface area contributed by atoms with Crippen molar-refractivity contribution in [2.45, 2.75) is 88.1 Å². The van der Waals surface area contributed by atoms with Crippen LogP contribution < -0.4 is 0 Å². The van der Waals surface area contributed by atoms with Crippen LogP contribution in [0.25, 0.3) is 0 Å². The lowest BCUT2D eigenvalue weighted by Gasteiger charge is -2.25. The molecule has 21 heavy (non-hydrogen) atoms. The van der Waals surface area contributed by atoms with Crippen LogP contribution in [0.15, 0.2) is 0 Å². The third kappa shape index (κ3) is 4.09. The molecule has 0 spiro atoms. The summed E-state index contributed by atoms with van der Waals surface area (Å²) in [5.74, 6) is 0. The quantitative estimate of drug-likeness (QED) is 0.442. The number of carbonyl (C=O) groups is 1. The van der Waals surface area contributed by atoms with Crippen molar-refractivity contribution >= 4 is 25.1 Å². The Hall–Kier alpha value is 0.0969. The van der Waals surface area contributed by atoms with E-state index in [4.69, 9.17) is 16.7 Å². The van der Waals surface area contributed by atoms with Crippen LogP contribution in [0.3, 0.4) is 0 Å². The predicted octanol–water partition coefficient (Wildman–Crippen LogP) is 3.20. The summed E-state index contributed by atoms with van der Waals surface area (Å²) >= 11 is 6.57. The van der Waals surface area contributed by atoms with Gasteiger partial charge in [0.2, 0.25) is 0 Å². The Kier molecular flexibility index (Phi) is 5.91. The van der Waals surface area contributed by atoms with Gasteiger partial charge in [0, 0.05) is 18.7 Å². The van der Waals surface area contributed by atoms with Crippen molar-refractivity contribution in [1.29, 1.82) is 0 Å². The molecule has 2 fully saturated rings. The molecule has 122 valence electrons. The van der Waals surface area contributed by atoms with Gasteiger partial charge in [-0.15, -0.1) is 11.6 Å². The molecule has 0 aromatic heterocycles. The molecule has 0 amide bonds. The van der Waals surface area contributed by atoms with Gasteiger partial charge >= 0.3 is 0 Å². The normalized spacial score (nSPS) is 32.0. The lowest BCUT2D eigenvalue weighted by atomic mass is 9.95. The Labute approximate surface area is 135 Å². The van der Waals surface area contributed by atoms with Crippen molar-refractivity contribution in [3.05, 3.63) is 0 Å². The zero-order valence-electron chi connectivity index (χ0n) is 13.6. The molecule has 3 nitrogen and oxygen atoms in total. The molecule has 1 heterocycles. The smallest absolute Gasteiger partial charge is 0.129 e. The highest BCUT2D eigenvalue weighted by atomic mass is 35.5. The Morgan fingerprint density at radius 3 is 2.43 bits per heavy atom. The van der Waals surface area contributed by atoms with E-state index < -0.39 is 8.07 Å². The molecule has 0 aromatic rings. The summed E-state index contributed by atoms with van der Waals surface area (Å²) in [4.78, 5) is 15.2. The van der Waals surface area contributed by atoms with E-state index in [1.165, 1.54) is 32.1 Å². The fourth-order valence-corrected chi connectivity index (χ4v) is 5.32. The van der Waals surface area contributed by atoms with Crippen LogP contribution in [0.2, 0.25) is 19.6 Å². The maximum Gasteiger partial charge on any atom is 0.129 e. The fourth-order valence-electron chi connectivity index (χ4n) is 3.69. The van der Waals surface area contributed by atoms with Crippen LogP contribution in [0, 0.1) is 0 Å². The van der Waals surface area contributed by atoms with E-state index in [1.807, 2.05) is 0 Å². The van der Waals surface area contributed by atoms with Gasteiger partial charge in [-0.25, -0.2) is 0 Å². The highest BCUT2D eigenvalue weighted by molar-refractivity contribution is 7.04. The molecule has 1 saturated carbocycles. The SMILES string of the molecule is C[Si](C)(C)C(=O)[C@@H]1[C@@H](C(Cl)CCCO)N1C1CCCCC1. The second kappa shape index (κ2) is 7.11. The first kappa shape index (κ1) is 17.5. The average Bonchev–Trinajstić information content (AvgIpc) is 3.19. The Morgan fingerprint density at radius 1 is 1.29 bits per heavy atom. The van der Waals surface area contributed by atoms with Crippen LogP contribution in [-0.2, 0) is 4.79 Å². The fraction of sp³-hybridized carbons (Fsp3) is 0.938.